The number of para-hydroxylation sites is 1. The predicted molar refractivity (Wildman–Crippen MR) is 241 cm³/mol. The molecule has 2 fully saturated rings. The molecule has 0 bridgehead atoms. The number of nitrogens with zero attached hydrogens (tertiary/aromatic N) is 7. The number of aryl methyl sites for hydroxylation is 2. The van der Waals surface area contributed by atoms with Crippen LogP contribution in [0.25, 0.3) is 0 Å². The minimum Gasteiger partial charge on any atom is -0.349 e. The average molecular weight is 853 g/mol. The van der Waals surface area contributed by atoms with E-state index in [9.17, 15) is 14.9 Å². The largest absolute Gasteiger partial charge is 0.349 e. The number of benzene rings is 2. The molecule has 3 heterocycles. The molecule has 2 amide bonds. The molecule has 1 aliphatic heterocycles. The molecule has 1 spiro atoms. The van der Waals surface area contributed by atoms with Crippen LogP contribution in [0, 0.1) is 30.6 Å². The Hall–Kier alpha value is -4.79. The van der Waals surface area contributed by atoms with Crippen molar-refractivity contribution in [3.05, 3.63) is 83.7 Å². The number of hydrogen-bond donors (Lipinski definition) is 2. The number of amides is 2. The predicted octanol–water partition coefficient (Wildman–Crippen LogP) is 12.7. The lowest BCUT2D eigenvalue weighted by Crippen LogP contribution is -2.79. The number of nitriles is 1. The van der Waals surface area contributed by atoms with Crippen LogP contribution in [-0.2, 0) is 9.59 Å². The van der Waals surface area contributed by atoms with Gasteiger partial charge in [0.25, 0.3) is 0 Å². The van der Waals surface area contributed by atoms with E-state index in [1.807, 2.05) is 72.6 Å². The van der Waals surface area contributed by atoms with Crippen LogP contribution in [0.1, 0.15) is 134 Å². The summed E-state index contributed by atoms with van der Waals surface area (Å²) in [5, 5.41) is 29.7. The number of unbranched alkanes of at least 4 members (excludes halogenated alkanes) is 8. The number of β-lactam (4-membered cyclic amide) rings is 1. The van der Waals surface area contributed by atoms with Crippen molar-refractivity contribution in [2.24, 2.45) is 15.6 Å². The van der Waals surface area contributed by atoms with Gasteiger partial charge in [-0.05, 0) is 81.5 Å². The molecule has 13 heteroatoms. The molecule has 6 rings (SSSR count). The maximum Gasteiger partial charge on any atom is 0.229 e. The molecule has 1 aliphatic carbocycles. The lowest BCUT2D eigenvalue weighted by Gasteiger charge is -2.63. The number of halogens is 2. The van der Waals surface area contributed by atoms with Crippen LogP contribution in [0.4, 0.5) is 34.4 Å². The molecule has 4 aromatic rings. The summed E-state index contributed by atoms with van der Waals surface area (Å²) in [5.74, 6) is 0.772. The zero-order chi connectivity index (χ0) is 42.9. The molecule has 2 N–H and O–H groups in total. The molecule has 318 valence electrons. The van der Waals surface area contributed by atoms with E-state index >= 15 is 0 Å². The Labute approximate surface area is 365 Å². The fourth-order valence-corrected chi connectivity index (χ4v) is 10.4. The summed E-state index contributed by atoms with van der Waals surface area (Å²) in [5.41, 5.74) is 3.15. The fourth-order valence-electron chi connectivity index (χ4n) is 9.21. The van der Waals surface area contributed by atoms with Crippen molar-refractivity contribution < 1.29 is 9.59 Å². The van der Waals surface area contributed by atoms with Crippen molar-refractivity contribution in [3.63, 3.8) is 0 Å². The van der Waals surface area contributed by atoms with Crippen molar-refractivity contribution in [3.8, 4) is 6.07 Å². The van der Waals surface area contributed by atoms with Gasteiger partial charge in [-0.15, -0.1) is 33.4 Å². The summed E-state index contributed by atoms with van der Waals surface area (Å²) in [6.07, 6.45) is 15.8. The van der Waals surface area contributed by atoms with Gasteiger partial charge in [-0.1, -0.05) is 102 Å². The first-order chi connectivity index (χ1) is 29.0. The quantitative estimate of drug-likeness (QED) is 0.0416. The first kappa shape index (κ1) is 44.8. The Bertz CT molecular complexity index is 2160. The smallest absolute Gasteiger partial charge is 0.229 e. The maximum absolute atomic E-state index is 13.8. The van der Waals surface area contributed by atoms with Crippen molar-refractivity contribution >= 4 is 69.4 Å². The third kappa shape index (κ3) is 9.55. The van der Waals surface area contributed by atoms with Crippen molar-refractivity contribution in [2.45, 2.75) is 147 Å². The van der Waals surface area contributed by atoms with Crippen molar-refractivity contribution in [2.75, 3.05) is 10.2 Å². The lowest BCUT2D eigenvalue weighted by molar-refractivity contribution is -0.164. The molecule has 2 aromatic carbocycles. The molecular formula is C47H59Cl2N9O2. The summed E-state index contributed by atoms with van der Waals surface area (Å²) >= 11 is 14.8. The third-order valence-electron chi connectivity index (χ3n) is 12.3. The van der Waals surface area contributed by atoms with Gasteiger partial charge in [-0.2, -0.15) is 10.4 Å². The van der Waals surface area contributed by atoms with Crippen LogP contribution in [0.2, 0.25) is 0 Å². The van der Waals surface area contributed by atoms with Crippen LogP contribution in [-0.4, -0.2) is 42.9 Å². The zero-order valence-corrected chi connectivity index (χ0v) is 37.2. The molecule has 1 saturated heterocycles. The van der Waals surface area contributed by atoms with E-state index in [1.165, 1.54) is 32.6 Å². The number of aromatic nitrogens is 3. The van der Waals surface area contributed by atoms with E-state index < -0.39 is 27.7 Å². The normalized spacial score (nSPS) is 22.4. The van der Waals surface area contributed by atoms with Gasteiger partial charge in [0, 0.05) is 24.5 Å². The molecule has 1 saturated carbocycles. The molecule has 3 unspecified atom stereocenters. The fraction of sp³-hybridized carbons (Fsp3) is 0.511. The van der Waals surface area contributed by atoms with Gasteiger partial charge < -0.3 is 10.6 Å². The second-order valence-corrected chi connectivity index (χ2v) is 17.8. The van der Waals surface area contributed by atoms with E-state index in [0.717, 1.165) is 68.3 Å². The zero-order valence-electron chi connectivity index (χ0n) is 35.7. The first-order valence-electron chi connectivity index (χ1n) is 21.7. The highest BCUT2D eigenvalue weighted by atomic mass is 35.5. The molecule has 0 radical (unpaired) electrons. The summed E-state index contributed by atoms with van der Waals surface area (Å²) in [6.45, 7) is 9.60. The average Bonchev–Trinajstić information content (AvgIpc) is 3.54. The SMILES string of the molecule is CCCCCCCCC1(CCCCCC)C(=O)NC12CC(Cl)C(n1nc(C)c(C#N)c1N=Nc1ccc(N(c3ccccc3)c3ccc(C)cn3)cc1NC(C)=O)C(Cl)C2. The number of hydrogen-bond acceptors (Lipinski definition) is 8. The molecule has 2 aliphatic rings. The Kier molecular flexibility index (Phi) is 15.1. The Morgan fingerprint density at radius 3 is 2.17 bits per heavy atom. The maximum atomic E-state index is 13.8. The number of azo groups is 1. The summed E-state index contributed by atoms with van der Waals surface area (Å²) in [6, 6.07) is 21.0. The highest BCUT2D eigenvalue weighted by molar-refractivity contribution is 6.25. The third-order valence-corrected chi connectivity index (χ3v) is 13.2. The van der Waals surface area contributed by atoms with E-state index in [1.54, 1.807) is 17.7 Å². The van der Waals surface area contributed by atoms with Gasteiger partial charge in [0.1, 0.15) is 23.1 Å². The van der Waals surface area contributed by atoms with Gasteiger partial charge in [-0.25, -0.2) is 9.67 Å². The van der Waals surface area contributed by atoms with Gasteiger partial charge in [-0.3, -0.25) is 14.5 Å². The molecule has 3 atom stereocenters. The number of pyridine rings is 1. The minimum absolute atomic E-state index is 0.123. The van der Waals surface area contributed by atoms with E-state index in [0.29, 0.717) is 35.7 Å². The highest BCUT2D eigenvalue weighted by Crippen LogP contribution is 2.58. The number of rotatable bonds is 19. The van der Waals surface area contributed by atoms with Crippen molar-refractivity contribution in [1.29, 1.82) is 5.26 Å². The van der Waals surface area contributed by atoms with Crippen LogP contribution in [0.15, 0.2) is 77.1 Å². The van der Waals surface area contributed by atoms with Gasteiger partial charge in [0.2, 0.25) is 11.8 Å². The van der Waals surface area contributed by atoms with Crippen LogP contribution >= 0.6 is 23.2 Å². The number of alkyl halides is 2. The van der Waals surface area contributed by atoms with Crippen LogP contribution in [0.3, 0.4) is 0 Å². The highest BCUT2D eigenvalue weighted by Gasteiger charge is 2.67. The molecule has 2 aromatic heterocycles. The topological polar surface area (TPSA) is 141 Å². The summed E-state index contributed by atoms with van der Waals surface area (Å²) < 4.78 is 1.66. The van der Waals surface area contributed by atoms with Gasteiger partial charge >= 0.3 is 0 Å². The summed E-state index contributed by atoms with van der Waals surface area (Å²) in [4.78, 5) is 33.0. The van der Waals surface area contributed by atoms with E-state index in [4.69, 9.17) is 33.3 Å². The number of anilines is 4. The van der Waals surface area contributed by atoms with Gasteiger partial charge in [0.05, 0.1) is 39.1 Å². The number of nitrogens with one attached hydrogen (secondary N) is 2. The monoisotopic (exact) mass is 851 g/mol. The van der Waals surface area contributed by atoms with Gasteiger partial charge in [0.15, 0.2) is 5.82 Å². The standard InChI is InChI=1S/C47H59Cl2N9O2/c1-6-8-10-12-13-18-26-46(25-17-11-9-7-2)45(60)53-47(46)28-38(48)43(39(49)29-47)58-44(37(30-50)33(4)56-58)55-54-40-23-22-36(27-41(40)52-34(5)59)57(35-19-15-14-16-20-35)42-24-21-32(3)31-51-42/h14-16,19-24,27,31,38-39,43H,6-13,17-18,25-26,28-29H2,1-5H3,(H,52,59)(H,53,60). The Morgan fingerprint density at radius 2 is 1.57 bits per heavy atom. The first-order valence-corrected chi connectivity index (χ1v) is 22.6. The second-order valence-electron chi connectivity index (χ2n) is 16.7. The molecule has 60 heavy (non-hydrogen) atoms. The number of carbonyl (C=O) groups is 2. The van der Waals surface area contributed by atoms with Crippen LogP contribution < -0.4 is 15.5 Å². The second kappa shape index (κ2) is 20.2. The Balaban J connectivity index is 1.31. The Morgan fingerprint density at radius 1 is 0.917 bits per heavy atom. The van der Waals surface area contributed by atoms with E-state index in [2.05, 4.69) is 40.8 Å². The minimum atomic E-state index is -0.531. The van der Waals surface area contributed by atoms with Crippen LogP contribution in [0.5, 0.6) is 0 Å². The number of carbonyl (C=O) groups excluding carboxylic acids is 2. The molecule has 11 nitrogen and oxygen atoms in total. The molecular weight excluding hydrogens is 793 g/mol. The summed E-state index contributed by atoms with van der Waals surface area (Å²) in [7, 11) is 0. The lowest BCUT2D eigenvalue weighted by atomic mass is 9.52. The van der Waals surface area contributed by atoms with E-state index in [-0.39, 0.29) is 23.2 Å². The van der Waals surface area contributed by atoms with Crippen molar-refractivity contribution in [1.82, 2.24) is 20.1 Å².